The highest BCUT2D eigenvalue weighted by molar-refractivity contribution is 6.12. The second kappa shape index (κ2) is 17.9. The summed E-state index contributed by atoms with van der Waals surface area (Å²) in [5.74, 6) is 5.16. The van der Waals surface area contributed by atoms with E-state index in [-0.39, 0.29) is 32.5 Å². The molecule has 336 valence electrons. The molecular formula is C51H48N6O9. The third kappa shape index (κ3) is 7.62. The number of nitrogens with zero attached hydrogens (tertiary/aromatic N) is 3. The van der Waals surface area contributed by atoms with Gasteiger partial charge in [0, 0.05) is 44.0 Å². The van der Waals surface area contributed by atoms with Gasteiger partial charge in [-0.25, -0.2) is 4.79 Å². The maximum Gasteiger partial charge on any atom is 0.324 e. The Kier molecular flexibility index (Phi) is 11.5. The molecule has 0 bridgehead atoms. The van der Waals surface area contributed by atoms with Crippen molar-refractivity contribution in [1.82, 2.24) is 20.0 Å². The van der Waals surface area contributed by atoms with Crippen LogP contribution in [0.5, 0.6) is 17.2 Å². The van der Waals surface area contributed by atoms with E-state index in [1.165, 1.54) is 0 Å². The molecule has 0 radical (unpaired) electrons. The lowest BCUT2D eigenvalue weighted by atomic mass is 9.65. The summed E-state index contributed by atoms with van der Waals surface area (Å²) < 4.78 is 23.7. The number of nitrogens with two attached hydrogens (primary N) is 1. The minimum atomic E-state index is -1.74. The van der Waals surface area contributed by atoms with Crippen LogP contribution < -0.4 is 30.6 Å². The van der Waals surface area contributed by atoms with Crippen molar-refractivity contribution in [2.24, 2.45) is 11.7 Å². The van der Waals surface area contributed by atoms with Crippen LogP contribution in [0, 0.1) is 17.8 Å². The van der Waals surface area contributed by atoms with Crippen molar-refractivity contribution in [3.8, 4) is 29.1 Å². The molecule has 1 spiro atoms. The quantitative estimate of drug-likeness (QED) is 0.115. The fraction of sp³-hybridized carbons (Fsp3) is 0.294. The molecule has 0 saturated carbocycles. The summed E-state index contributed by atoms with van der Waals surface area (Å²) in [6, 6.07) is 34.1. The van der Waals surface area contributed by atoms with E-state index in [4.69, 9.17) is 24.7 Å². The summed E-state index contributed by atoms with van der Waals surface area (Å²) in [5.41, 5.74) is 8.30. The van der Waals surface area contributed by atoms with Gasteiger partial charge in [0.15, 0.2) is 11.5 Å². The zero-order chi connectivity index (χ0) is 45.4. The third-order valence-corrected chi connectivity index (χ3v) is 13.2. The Labute approximate surface area is 381 Å². The van der Waals surface area contributed by atoms with Gasteiger partial charge in [-0.2, -0.15) is 0 Å². The maximum atomic E-state index is 16.0. The Balaban J connectivity index is 1.14. The average molecular weight is 889 g/mol. The number of aliphatic hydroxyl groups excluding tert-OH is 1. The van der Waals surface area contributed by atoms with Crippen LogP contribution in [-0.2, 0) is 31.1 Å². The van der Waals surface area contributed by atoms with Gasteiger partial charge in [-0.1, -0.05) is 90.7 Å². The predicted octanol–water partition coefficient (Wildman–Crippen LogP) is 4.42. The number of hydrogen-bond donors (Lipinski definition) is 4. The van der Waals surface area contributed by atoms with E-state index < -0.39 is 53.5 Å². The van der Waals surface area contributed by atoms with Crippen LogP contribution in [0.15, 0.2) is 121 Å². The smallest absolute Gasteiger partial charge is 0.324 e. The number of piperazine rings is 1. The molecule has 0 aromatic heterocycles. The number of aliphatic hydroxyl groups is 1. The van der Waals surface area contributed by atoms with Crippen LogP contribution in [0.4, 0.5) is 10.5 Å². The first-order valence-electron chi connectivity index (χ1n) is 22.0. The Morgan fingerprint density at radius 2 is 1.58 bits per heavy atom. The lowest BCUT2D eigenvalue weighted by molar-refractivity contribution is -0.179. The monoisotopic (exact) mass is 888 g/mol. The minimum absolute atomic E-state index is 0.0128. The lowest BCUT2D eigenvalue weighted by Gasteiger charge is -2.46. The number of carbonyl (C=O) groups is 4. The fourth-order valence-corrected chi connectivity index (χ4v) is 10.5. The number of primary amides is 1. The highest BCUT2D eigenvalue weighted by Gasteiger charge is 2.74. The molecule has 3 saturated heterocycles. The van der Waals surface area contributed by atoms with Gasteiger partial charge in [-0.15, -0.1) is 0 Å². The first kappa shape index (κ1) is 42.6. The van der Waals surface area contributed by atoms with Crippen molar-refractivity contribution >= 4 is 29.5 Å². The number of ether oxygens (including phenoxy) is 4. The van der Waals surface area contributed by atoms with Gasteiger partial charge in [0.25, 0.3) is 0 Å². The first-order chi connectivity index (χ1) is 32.2. The molecule has 3 fully saturated rings. The number of urea groups is 1. The first-order valence-corrected chi connectivity index (χ1v) is 22.0. The molecule has 5 aromatic rings. The number of carbonyl (C=O) groups excluding carboxylic acids is 4. The topological polar surface area (TPSA) is 185 Å². The number of morpholine rings is 1. The van der Waals surface area contributed by atoms with Crippen molar-refractivity contribution in [2.45, 2.75) is 36.2 Å². The van der Waals surface area contributed by atoms with Gasteiger partial charge in [0.05, 0.1) is 31.2 Å². The summed E-state index contributed by atoms with van der Waals surface area (Å²) in [4.78, 5) is 64.5. The molecule has 0 aliphatic carbocycles. The number of rotatable bonds is 10. The molecule has 6 unspecified atom stereocenters. The average Bonchev–Trinajstić information content (AvgIpc) is 4.02. The van der Waals surface area contributed by atoms with Crippen LogP contribution in [0.2, 0.25) is 0 Å². The van der Waals surface area contributed by atoms with E-state index in [2.05, 4.69) is 27.4 Å². The number of fused-ring (bicyclic) bond motifs is 4. The molecule has 10 rings (SSSR count). The molecular weight excluding hydrogens is 841 g/mol. The number of esters is 1. The molecule has 6 atom stereocenters. The highest BCUT2D eigenvalue weighted by Crippen LogP contribution is 2.65. The van der Waals surface area contributed by atoms with Crippen LogP contribution >= 0.6 is 0 Å². The number of cyclic esters (lactones) is 1. The third-order valence-electron chi connectivity index (χ3n) is 13.2. The molecule has 5 aliphatic rings. The summed E-state index contributed by atoms with van der Waals surface area (Å²) in [5, 5.41) is 15.4. The van der Waals surface area contributed by atoms with Crippen LogP contribution in [0.25, 0.3) is 0 Å². The molecule has 15 nitrogen and oxygen atoms in total. The second-order valence-corrected chi connectivity index (χ2v) is 16.9. The Morgan fingerprint density at radius 3 is 2.33 bits per heavy atom. The molecule has 5 heterocycles. The number of anilines is 1. The summed E-state index contributed by atoms with van der Waals surface area (Å²) in [6.07, 6.45) is -0.835. The van der Waals surface area contributed by atoms with Gasteiger partial charge in [0.2, 0.25) is 18.6 Å². The van der Waals surface area contributed by atoms with Crippen molar-refractivity contribution in [3.05, 3.63) is 155 Å². The largest absolute Gasteiger partial charge is 0.491 e. The second-order valence-electron chi connectivity index (χ2n) is 16.9. The number of amides is 4. The zero-order valence-electron chi connectivity index (χ0n) is 35.9. The molecule has 4 amide bonds. The predicted molar refractivity (Wildman–Crippen MR) is 241 cm³/mol. The van der Waals surface area contributed by atoms with Crippen molar-refractivity contribution < 1.29 is 43.2 Å². The molecule has 66 heavy (non-hydrogen) atoms. The lowest BCUT2D eigenvalue weighted by Crippen LogP contribution is -2.58. The van der Waals surface area contributed by atoms with E-state index >= 15 is 14.4 Å². The van der Waals surface area contributed by atoms with Crippen LogP contribution in [0.3, 0.4) is 0 Å². The Morgan fingerprint density at radius 1 is 0.833 bits per heavy atom. The fourth-order valence-electron chi connectivity index (χ4n) is 10.5. The van der Waals surface area contributed by atoms with E-state index in [1.807, 2.05) is 108 Å². The summed E-state index contributed by atoms with van der Waals surface area (Å²) in [6.45, 7) is 2.36. The number of benzene rings is 5. The molecule has 5 aromatic carbocycles. The van der Waals surface area contributed by atoms with E-state index in [0.29, 0.717) is 72.4 Å². The zero-order valence-corrected chi connectivity index (χ0v) is 35.9. The van der Waals surface area contributed by atoms with Crippen molar-refractivity contribution in [3.63, 3.8) is 0 Å². The normalized spacial score (nSPS) is 24.1. The van der Waals surface area contributed by atoms with Crippen LogP contribution in [0.1, 0.15) is 51.6 Å². The van der Waals surface area contributed by atoms with Gasteiger partial charge in [0.1, 0.15) is 29.9 Å². The number of nitrogens with one attached hydrogen (secondary N) is 2. The van der Waals surface area contributed by atoms with Crippen LogP contribution in [-0.4, -0.2) is 102 Å². The van der Waals surface area contributed by atoms with Crippen molar-refractivity contribution in [1.29, 1.82) is 0 Å². The van der Waals surface area contributed by atoms with Gasteiger partial charge >= 0.3 is 12.0 Å². The SMILES string of the molecule is NC(=O)NCC#Cc1ccc2c(c1)C1(C(=O)N2)C(C(=O)N2CCN(Cc3ccc4c(c3)OCO4)CC2)C2C(=O)OC(c3ccccc3)C(c3ccccc3)N2C1c1cccc(OCCO)c1. The van der Waals surface area contributed by atoms with Gasteiger partial charge in [-0.3, -0.25) is 24.2 Å². The maximum absolute atomic E-state index is 16.0. The number of hydrogen-bond acceptors (Lipinski definition) is 11. The Hall–Kier alpha value is -7.38. The summed E-state index contributed by atoms with van der Waals surface area (Å²) >= 11 is 0. The van der Waals surface area contributed by atoms with Crippen molar-refractivity contribution in [2.75, 3.05) is 58.0 Å². The summed E-state index contributed by atoms with van der Waals surface area (Å²) in [7, 11) is 0. The highest BCUT2D eigenvalue weighted by atomic mass is 16.7. The molecule has 5 aliphatic heterocycles. The minimum Gasteiger partial charge on any atom is -0.491 e. The van der Waals surface area contributed by atoms with E-state index in [0.717, 1.165) is 16.7 Å². The molecule has 15 heteroatoms. The van der Waals surface area contributed by atoms with E-state index in [1.54, 1.807) is 23.1 Å². The van der Waals surface area contributed by atoms with Gasteiger partial charge < -0.3 is 45.3 Å². The molecule has 5 N–H and O–H groups in total. The standard InChI is InChI=1S/C51H48N6O9/c52-50(62)53-20-8-9-32-16-18-39-38(27-32)51(49(61)54-39)42(47(59)56-23-21-55(22-24-56)30-33-17-19-40-41(28-33)65-31-64-40)44-48(60)66-45(35-12-5-2-6-13-35)43(34-10-3-1-4-11-34)57(44)46(51)36-14-7-15-37(29-36)63-26-25-58/h1-7,10-19,27-29,42-46,58H,20-26,30-31H2,(H,54,61)(H3,52,53,62). The Bertz CT molecular complexity index is 2740. The van der Waals surface area contributed by atoms with Gasteiger partial charge in [-0.05, 0) is 70.3 Å². The van der Waals surface area contributed by atoms with E-state index in [9.17, 15) is 9.90 Å².